The van der Waals surface area contributed by atoms with Crippen LogP contribution in [-0.4, -0.2) is 35.8 Å². The van der Waals surface area contributed by atoms with Crippen molar-refractivity contribution < 1.29 is 9.59 Å². The molecule has 3 rings (SSSR count). The van der Waals surface area contributed by atoms with Gasteiger partial charge in [-0.25, -0.2) is 0 Å². The van der Waals surface area contributed by atoms with Gasteiger partial charge in [0.2, 0.25) is 0 Å². The van der Waals surface area contributed by atoms with Gasteiger partial charge in [-0.1, -0.05) is 29.8 Å². The first-order chi connectivity index (χ1) is 13.5. The maximum Gasteiger partial charge on any atom is 0.295 e. The normalized spacial score (nSPS) is 15.4. The Kier molecular flexibility index (Phi) is 6.41. The van der Waals surface area contributed by atoms with Gasteiger partial charge in [-0.3, -0.25) is 14.5 Å². The fourth-order valence-electron chi connectivity index (χ4n) is 3.00. The largest absolute Gasteiger partial charge is 0.372 e. The molecule has 0 saturated carbocycles. The lowest BCUT2D eigenvalue weighted by Crippen LogP contribution is -2.33. The molecular weight excluding hydrogens is 370 g/mol. The van der Waals surface area contributed by atoms with Crippen molar-refractivity contribution in [2.24, 2.45) is 0 Å². The van der Waals surface area contributed by atoms with Gasteiger partial charge in [-0.2, -0.15) is 0 Å². The first-order valence-electron chi connectivity index (χ1n) is 9.42. The van der Waals surface area contributed by atoms with Crippen molar-refractivity contribution in [2.75, 3.05) is 30.0 Å². The van der Waals surface area contributed by atoms with E-state index in [0.29, 0.717) is 4.91 Å². The summed E-state index contributed by atoms with van der Waals surface area (Å²) in [6.45, 7) is 8.31. The van der Waals surface area contributed by atoms with E-state index in [2.05, 4.69) is 24.1 Å². The van der Waals surface area contributed by atoms with E-state index in [-0.39, 0.29) is 17.8 Å². The quantitative estimate of drug-likeness (QED) is 0.673. The van der Waals surface area contributed by atoms with Crippen LogP contribution in [0.5, 0.6) is 0 Å². The Labute approximate surface area is 170 Å². The van der Waals surface area contributed by atoms with Crippen LogP contribution in [0.4, 0.5) is 16.2 Å². The summed E-state index contributed by atoms with van der Waals surface area (Å²) in [5.41, 5.74) is 4.10. The number of hydrogen-bond acceptors (Lipinski definition) is 5. The van der Waals surface area contributed by atoms with Crippen LogP contribution in [0.25, 0.3) is 6.08 Å². The van der Waals surface area contributed by atoms with E-state index >= 15 is 0 Å². The van der Waals surface area contributed by atoms with Gasteiger partial charge >= 0.3 is 0 Å². The third-order valence-corrected chi connectivity index (χ3v) is 5.59. The van der Waals surface area contributed by atoms with Crippen LogP contribution in [0.2, 0.25) is 0 Å². The van der Waals surface area contributed by atoms with Gasteiger partial charge in [-0.05, 0) is 68.4 Å². The molecule has 1 aliphatic rings. The summed E-state index contributed by atoms with van der Waals surface area (Å²) in [6.07, 6.45) is 1.78. The van der Waals surface area contributed by atoms with Crippen molar-refractivity contribution >= 4 is 40.4 Å². The summed E-state index contributed by atoms with van der Waals surface area (Å²) in [5.74, 6) is -0.262. The molecule has 146 valence electrons. The number of nitrogens with one attached hydrogen (secondary N) is 1. The highest BCUT2D eigenvalue weighted by Gasteiger charge is 2.34. The molecule has 1 N–H and O–H groups in total. The molecule has 5 nitrogen and oxygen atoms in total. The van der Waals surface area contributed by atoms with Gasteiger partial charge in [0.05, 0.1) is 11.6 Å². The van der Waals surface area contributed by atoms with E-state index in [9.17, 15) is 9.59 Å². The lowest BCUT2D eigenvalue weighted by Gasteiger charge is -2.20. The van der Waals surface area contributed by atoms with E-state index in [4.69, 9.17) is 0 Å². The van der Waals surface area contributed by atoms with Crippen molar-refractivity contribution in [3.8, 4) is 0 Å². The summed E-state index contributed by atoms with van der Waals surface area (Å²) in [4.78, 5) is 28.8. The smallest absolute Gasteiger partial charge is 0.295 e. The second-order valence-corrected chi connectivity index (χ2v) is 7.57. The molecule has 0 atom stereocenters. The van der Waals surface area contributed by atoms with Crippen LogP contribution in [0, 0.1) is 6.92 Å². The number of rotatable bonds is 7. The highest BCUT2D eigenvalue weighted by atomic mass is 32.2. The molecule has 1 fully saturated rings. The number of carbonyl (C=O) groups excluding carboxylic acids is 2. The molecule has 0 radical (unpaired) electrons. The van der Waals surface area contributed by atoms with E-state index in [1.165, 1.54) is 4.90 Å². The van der Waals surface area contributed by atoms with Crippen LogP contribution in [-0.2, 0) is 4.79 Å². The van der Waals surface area contributed by atoms with Crippen molar-refractivity contribution in [2.45, 2.75) is 20.8 Å². The van der Waals surface area contributed by atoms with Crippen molar-refractivity contribution in [1.29, 1.82) is 0 Å². The lowest BCUT2D eigenvalue weighted by molar-refractivity contribution is -0.122. The highest BCUT2D eigenvalue weighted by Crippen LogP contribution is 2.32. The number of aryl methyl sites for hydroxylation is 1. The van der Waals surface area contributed by atoms with Gasteiger partial charge in [0, 0.05) is 24.5 Å². The fourth-order valence-corrected chi connectivity index (χ4v) is 3.84. The molecule has 2 aromatic carbocycles. The first-order valence-corrected chi connectivity index (χ1v) is 10.2. The van der Waals surface area contributed by atoms with Crippen LogP contribution < -0.4 is 10.2 Å². The van der Waals surface area contributed by atoms with Crippen molar-refractivity contribution in [1.82, 2.24) is 4.90 Å². The zero-order valence-corrected chi connectivity index (χ0v) is 17.3. The van der Waals surface area contributed by atoms with Gasteiger partial charge in [-0.15, -0.1) is 0 Å². The predicted molar refractivity (Wildman–Crippen MR) is 117 cm³/mol. The number of hydrogen-bond donors (Lipinski definition) is 1. The maximum atomic E-state index is 12.6. The summed E-state index contributed by atoms with van der Waals surface area (Å²) in [5, 5.41) is 2.88. The fraction of sp³-hybridized carbons (Fsp3) is 0.273. The second kappa shape index (κ2) is 8.97. The highest BCUT2D eigenvalue weighted by molar-refractivity contribution is 8.18. The van der Waals surface area contributed by atoms with Gasteiger partial charge in [0.15, 0.2) is 0 Å². The molecule has 1 heterocycles. The van der Waals surface area contributed by atoms with Gasteiger partial charge in [0.25, 0.3) is 11.1 Å². The molecule has 0 aliphatic carbocycles. The summed E-state index contributed by atoms with van der Waals surface area (Å²) in [6, 6.07) is 15.9. The van der Waals surface area contributed by atoms with Crippen LogP contribution in [0.15, 0.2) is 53.4 Å². The van der Waals surface area contributed by atoms with E-state index in [0.717, 1.165) is 47.4 Å². The monoisotopic (exact) mass is 395 g/mol. The van der Waals surface area contributed by atoms with E-state index < -0.39 is 0 Å². The molecule has 28 heavy (non-hydrogen) atoms. The number of anilines is 2. The average molecular weight is 396 g/mol. The number of amides is 2. The molecule has 1 saturated heterocycles. The van der Waals surface area contributed by atoms with Crippen molar-refractivity contribution in [3.63, 3.8) is 0 Å². The number of imide groups is 1. The Balaban J connectivity index is 1.67. The number of thioether (sulfide) groups is 1. The number of nitrogens with zero attached hydrogens (tertiary/aromatic N) is 2. The zero-order chi connectivity index (χ0) is 20.1. The van der Waals surface area contributed by atoms with Crippen LogP contribution in [0.3, 0.4) is 0 Å². The van der Waals surface area contributed by atoms with Crippen LogP contribution in [0.1, 0.15) is 25.0 Å². The number of benzene rings is 2. The summed E-state index contributed by atoms with van der Waals surface area (Å²) >= 11 is 0.982. The van der Waals surface area contributed by atoms with Crippen molar-refractivity contribution in [3.05, 3.63) is 64.6 Å². The lowest BCUT2D eigenvalue weighted by atomic mass is 10.1. The Morgan fingerprint density at radius 3 is 2.25 bits per heavy atom. The average Bonchev–Trinajstić information content (AvgIpc) is 2.96. The molecule has 0 bridgehead atoms. The third-order valence-electron chi connectivity index (χ3n) is 4.69. The molecule has 0 aromatic heterocycles. The SMILES string of the molecule is CCN(CC)c1ccc(/C=C2\SC(=O)N(CNc3ccc(C)cc3)C2=O)cc1. The third kappa shape index (κ3) is 4.57. The predicted octanol–water partition coefficient (Wildman–Crippen LogP) is 4.95. The molecule has 0 spiro atoms. The maximum absolute atomic E-state index is 12.6. The molecule has 2 aromatic rings. The topological polar surface area (TPSA) is 52.7 Å². The van der Waals surface area contributed by atoms with E-state index in [1.54, 1.807) is 6.08 Å². The zero-order valence-electron chi connectivity index (χ0n) is 16.4. The Hall–Kier alpha value is -2.73. The number of carbonyl (C=O) groups is 2. The van der Waals surface area contributed by atoms with Gasteiger partial charge in [0.1, 0.15) is 0 Å². The molecular formula is C22H25N3O2S. The molecule has 2 amide bonds. The first kappa shape index (κ1) is 20.0. The minimum Gasteiger partial charge on any atom is -0.372 e. The standard InChI is InChI=1S/C22H25N3O2S/c1-4-24(5-2)19-12-8-17(9-13-19)14-20-21(26)25(22(27)28-20)15-23-18-10-6-16(3)7-11-18/h6-14,23H,4-5,15H2,1-3H3/b20-14-. The van der Waals surface area contributed by atoms with Gasteiger partial charge < -0.3 is 10.2 Å². The molecule has 0 unspecified atom stereocenters. The summed E-state index contributed by atoms with van der Waals surface area (Å²) < 4.78 is 0. The Bertz CT molecular complexity index is 872. The minimum absolute atomic E-state index is 0.159. The Morgan fingerprint density at radius 1 is 1.00 bits per heavy atom. The second-order valence-electron chi connectivity index (χ2n) is 6.57. The summed E-state index contributed by atoms with van der Waals surface area (Å²) in [7, 11) is 0. The van der Waals surface area contributed by atoms with Crippen LogP contribution >= 0.6 is 11.8 Å². The molecule has 6 heteroatoms. The minimum atomic E-state index is -0.262. The van der Waals surface area contributed by atoms with E-state index in [1.807, 2.05) is 55.5 Å². The Morgan fingerprint density at radius 2 is 1.64 bits per heavy atom. The molecule has 1 aliphatic heterocycles.